The van der Waals surface area contributed by atoms with E-state index in [-0.39, 0.29) is 20.6 Å². The lowest BCUT2D eigenvalue weighted by Crippen LogP contribution is -2.47. The van der Waals surface area contributed by atoms with Crippen molar-refractivity contribution < 1.29 is 30.8 Å². The summed E-state index contributed by atoms with van der Waals surface area (Å²) in [6.45, 7) is 5.22. The van der Waals surface area contributed by atoms with E-state index in [2.05, 4.69) is 5.43 Å². The number of carbonyl (C=O) groups excluding carboxylic acids is 1. The van der Waals surface area contributed by atoms with Crippen molar-refractivity contribution >= 4 is 49.3 Å². The molecule has 3 aromatic carbocycles. The van der Waals surface area contributed by atoms with Crippen molar-refractivity contribution in [3.8, 4) is 11.4 Å². The van der Waals surface area contributed by atoms with Crippen LogP contribution in [0.15, 0.2) is 81.8 Å². The van der Waals surface area contributed by atoms with Crippen LogP contribution in [0.25, 0.3) is 5.69 Å². The molecule has 1 fully saturated rings. The standard InChI is InChI=1S/C32H35ClFN5O6S3/c1-32(2,22-8-14-28(47(4,41)42)27(17-22)45-3)29-19-35-31(39(29)24-11-9-23(34)10-12-24)46-20-21-7-13-25(18-26(21)33)48(43,44)37-30(40)36-38-15-5-6-16-38/h7-14,17-19H,5-6,15-16,20H2,1-4H3,(H2,36,37,40). The van der Waals surface area contributed by atoms with Gasteiger partial charge in [-0.1, -0.05) is 49.3 Å². The summed E-state index contributed by atoms with van der Waals surface area (Å²) in [6, 6.07) is 14.3. The number of aromatic nitrogens is 2. The summed E-state index contributed by atoms with van der Waals surface area (Å²) in [4.78, 5) is 16.9. The number of ether oxygens (including phenoxy) is 1. The summed E-state index contributed by atoms with van der Waals surface area (Å²) >= 11 is 7.88. The minimum absolute atomic E-state index is 0.0738. The van der Waals surface area contributed by atoms with Crippen LogP contribution in [0, 0.1) is 5.82 Å². The van der Waals surface area contributed by atoms with Gasteiger partial charge in [0.25, 0.3) is 10.0 Å². The van der Waals surface area contributed by atoms with Crippen LogP contribution in [0.2, 0.25) is 5.02 Å². The van der Waals surface area contributed by atoms with E-state index >= 15 is 0 Å². The summed E-state index contributed by atoms with van der Waals surface area (Å²) in [7, 11) is -6.30. The van der Waals surface area contributed by atoms with Crippen LogP contribution < -0.4 is 14.9 Å². The molecule has 4 aromatic rings. The fraction of sp³-hybridized carbons (Fsp3) is 0.312. The number of hydrogen-bond donors (Lipinski definition) is 2. The number of amides is 2. The smallest absolute Gasteiger partial charge is 0.343 e. The molecule has 0 atom stereocenters. The average Bonchev–Trinajstić information content (AvgIpc) is 3.70. The molecule has 16 heteroatoms. The first-order valence-corrected chi connectivity index (χ1v) is 19.6. The molecule has 1 aliphatic rings. The molecule has 256 valence electrons. The Morgan fingerprint density at radius 2 is 1.73 bits per heavy atom. The van der Waals surface area contributed by atoms with Crippen LogP contribution in [-0.2, 0) is 31.0 Å². The maximum atomic E-state index is 14.0. The second-order valence-electron chi connectivity index (χ2n) is 11.8. The molecular formula is C32H35ClFN5O6S3. The zero-order valence-corrected chi connectivity index (χ0v) is 29.9. The number of rotatable bonds is 11. The fourth-order valence-electron chi connectivity index (χ4n) is 5.36. The first-order valence-electron chi connectivity index (χ1n) is 14.8. The number of sulfonamides is 1. The van der Waals surface area contributed by atoms with Crippen molar-refractivity contribution in [3.63, 3.8) is 0 Å². The molecule has 2 N–H and O–H groups in total. The second-order valence-corrected chi connectivity index (χ2v) is 16.8. The van der Waals surface area contributed by atoms with Gasteiger partial charge >= 0.3 is 6.03 Å². The first-order chi connectivity index (χ1) is 22.6. The third kappa shape index (κ3) is 7.81. The van der Waals surface area contributed by atoms with Gasteiger partial charge in [-0.05, 0) is 72.5 Å². The lowest BCUT2D eigenvalue weighted by Gasteiger charge is -2.28. The van der Waals surface area contributed by atoms with Crippen LogP contribution in [0.3, 0.4) is 0 Å². The Kier molecular flexibility index (Phi) is 10.5. The lowest BCUT2D eigenvalue weighted by atomic mass is 9.81. The molecule has 2 amide bonds. The molecule has 0 bridgehead atoms. The number of nitrogens with one attached hydrogen (secondary N) is 2. The van der Waals surface area contributed by atoms with E-state index in [4.69, 9.17) is 21.3 Å². The van der Waals surface area contributed by atoms with E-state index in [1.807, 2.05) is 23.1 Å². The van der Waals surface area contributed by atoms with Gasteiger partial charge in [0.2, 0.25) is 0 Å². The predicted octanol–water partition coefficient (Wildman–Crippen LogP) is 5.69. The number of urea groups is 1. The average molecular weight is 736 g/mol. The largest absolute Gasteiger partial charge is 0.495 e. The molecule has 48 heavy (non-hydrogen) atoms. The van der Waals surface area contributed by atoms with Crippen molar-refractivity contribution in [2.75, 3.05) is 26.5 Å². The molecular weight excluding hydrogens is 701 g/mol. The molecule has 0 unspecified atom stereocenters. The molecule has 5 rings (SSSR count). The number of methoxy groups -OCH3 is 1. The Balaban J connectivity index is 1.42. The molecule has 1 aromatic heterocycles. The van der Waals surface area contributed by atoms with Crippen LogP contribution in [0.1, 0.15) is 43.5 Å². The van der Waals surface area contributed by atoms with Crippen molar-refractivity contribution in [2.24, 2.45) is 0 Å². The first kappa shape index (κ1) is 35.7. The second kappa shape index (κ2) is 14.1. The number of benzene rings is 3. The SMILES string of the molecule is COc1cc(C(C)(C)c2cnc(SCc3ccc(S(=O)(=O)NC(=O)NN4CCCC4)cc3Cl)n2-c2ccc(F)cc2)ccc1S(C)(=O)=O. The minimum atomic E-state index is -4.18. The van der Waals surface area contributed by atoms with Crippen LogP contribution >= 0.6 is 23.4 Å². The molecule has 1 aliphatic heterocycles. The highest BCUT2D eigenvalue weighted by Crippen LogP contribution is 2.39. The molecule has 0 saturated carbocycles. The quantitative estimate of drug-likeness (QED) is 0.186. The van der Waals surface area contributed by atoms with Crippen molar-refractivity contribution in [1.29, 1.82) is 0 Å². The Bertz CT molecular complexity index is 2050. The Morgan fingerprint density at radius 1 is 1.04 bits per heavy atom. The van der Waals surface area contributed by atoms with Crippen LogP contribution in [0.5, 0.6) is 5.75 Å². The van der Waals surface area contributed by atoms with Gasteiger partial charge < -0.3 is 4.74 Å². The number of sulfone groups is 1. The lowest BCUT2D eigenvalue weighted by molar-refractivity contribution is 0.202. The van der Waals surface area contributed by atoms with E-state index in [9.17, 15) is 26.0 Å². The number of carbonyl (C=O) groups is 1. The molecule has 1 saturated heterocycles. The van der Waals surface area contributed by atoms with Crippen LogP contribution in [0.4, 0.5) is 9.18 Å². The maximum Gasteiger partial charge on any atom is 0.343 e. The highest BCUT2D eigenvalue weighted by atomic mass is 35.5. The topological polar surface area (TPSA) is 140 Å². The summed E-state index contributed by atoms with van der Waals surface area (Å²) < 4.78 is 73.7. The van der Waals surface area contributed by atoms with Gasteiger partial charge in [0.1, 0.15) is 16.5 Å². The Labute approximate surface area is 288 Å². The van der Waals surface area contributed by atoms with E-state index in [1.165, 1.54) is 49.2 Å². The van der Waals surface area contributed by atoms with Crippen molar-refractivity contribution in [1.82, 2.24) is 24.7 Å². The highest BCUT2D eigenvalue weighted by Gasteiger charge is 2.31. The van der Waals surface area contributed by atoms with Gasteiger partial charge in [-0.2, -0.15) is 0 Å². The number of imidazole rings is 1. The highest BCUT2D eigenvalue weighted by molar-refractivity contribution is 7.98. The van der Waals surface area contributed by atoms with E-state index in [0.29, 0.717) is 35.2 Å². The Hall–Kier alpha value is -3.63. The monoisotopic (exact) mass is 735 g/mol. The molecule has 0 radical (unpaired) electrons. The number of halogens is 2. The van der Waals surface area contributed by atoms with Crippen molar-refractivity contribution in [2.45, 2.75) is 52.8 Å². The number of hydrazine groups is 1. The number of hydrogen-bond acceptors (Lipinski definition) is 9. The predicted molar refractivity (Wildman–Crippen MR) is 182 cm³/mol. The van der Waals surface area contributed by atoms with Crippen LogP contribution in [-0.4, -0.2) is 63.9 Å². The summed E-state index contributed by atoms with van der Waals surface area (Å²) in [5.41, 5.74) is 4.56. The summed E-state index contributed by atoms with van der Waals surface area (Å²) in [5, 5.41) is 2.40. The molecule has 0 spiro atoms. The van der Waals surface area contributed by atoms with Crippen molar-refractivity contribution in [3.05, 3.63) is 94.5 Å². The third-order valence-electron chi connectivity index (χ3n) is 8.02. The van der Waals surface area contributed by atoms with Gasteiger partial charge in [-0.15, -0.1) is 0 Å². The fourth-order valence-corrected chi connectivity index (χ4v) is 8.50. The zero-order chi connectivity index (χ0) is 34.9. The van der Waals surface area contributed by atoms with Gasteiger partial charge in [0.05, 0.1) is 23.9 Å². The normalized spacial score (nSPS) is 14.2. The zero-order valence-electron chi connectivity index (χ0n) is 26.7. The van der Waals surface area contributed by atoms with E-state index < -0.39 is 37.1 Å². The Morgan fingerprint density at radius 3 is 2.35 bits per heavy atom. The molecule has 2 heterocycles. The van der Waals surface area contributed by atoms with Gasteiger partial charge in [-0.3, -0.25) is 9.99 Å². The summed E-state index contributed by atoms with van der Waals surface area (Å²) in [5.74, 6) is 0.115. The minimum Gasteiger partial charge on any atom is -0.495 e. The number of nitrogens with zero attached hydrogens (tertiary/aromatic N) is 3. The van der Waals surface area contributed by atoms with E-state index in [0.717, 1.165) is 30.4 Å². The van der Waals surface area contributed by atoms with Gasteiger partial charge in [0.15, 0.2) is 15.0 Å². The van der Waals surface area contributed by atoms with Gasteiger partial charge in [-0.25, -0.2) is 40.7 Å². The van der Waals surface area contributed by atoms with E-state index in [1.54, 1.807) is 41.5 Å². The molecule has 0 aliphatic carbocycles. The maximum absolute atomic E-state index is 14.0. The number of thioether (sulfide) groups is 1. The molecule has 11 nitrogen and oxygen atoms in total. The third-order valence-corrected chi connectivity index (χ3v) is 11.8. The summed E-state index contributed by atoms with van der Waals surface area (Å²) in [6.07, 6.45) is 4.66. The van der Waals surface area contributed by atoms with Gasteiger partial charge in [0, 0.05) is 41.2 Å².